The van der Waals surface area contributed by atoms with Crippen LogP contribution in [-0.4, -0.2) is 35.9 Å². The summed E-state index contributed by atoms with van der Waals surface area (Å²) in [6.45, 7) is 1.98. The summed E-state index contributed by atoms with van der Waals surface area (Å²) in [5.74, 6) is -0.408. The van der Waals surface area contributed by atoms with E-state index >= 15 is 0 Å². The molecular weight excluding hydrogens is 409 g/mol. The van der Waals surface area contributed by atoms with Crippen LogP contribution < -0.4 is 15.5 Å². The fourth-order valence-electron chi connectivity index (χ4n) is 3.62. The molecule has 0 aliphatic carbocycles. The SMILES string of the molecule is COc1ccc(C(=O)N[C@H]2C(=O)N/[N+](=C\c3ccc(F)cc3)[C@H]2c2ccc(C)cc2)cc1. The third-order valence-electron chi connectivity index (χ3n) is 5.35. The lowest BCUT2D eigenvalue weighted by molar-refractivity contribution is -0.596. The predicted octanol–water partition coefficient (Wildman–Crippen LogP) is 3.16. The summed E-state index contributed by atoms with van der Waals surface area (Å²) in [4.78, 5) is 25.8. The zero-order valence-electron chi connectivity index (χ0n) is 17.7. The number of benzene rings is 3. The Balaban J connectivity index is 1.67. The number of nitrogens with zero attached hydrogens (tertiary/aromatic N) is 1. The van der Waals surface area contributed by atoms with Gasteiger partial charge in [-0.15, -0.1) is 10.1 Å². The van der Waals surface area contributed by atoms with Crippen molar-refractivity contribution in [2.75, 3.05) is 7.11 Å². The van der Waals surface area contributed by atoms with Gasteiger partial charge in [0.2, 0.25) is 12.3 Å². The maximum Gasteiger partial charge on any atom is 0.304 e. The Hall–Kier alpha value is -4.00. The molecule has 0 aromatic heterocycles. The zero-order chi connectivity index (χ0) is 22.7. The molecule has 162 valence electrons. The van der Waals surface area contributed by atoms with Gasteiger partial charge in [0.25, 0.3) is 5.91 Å². The van der Waals surface area contributed by atoms with Crippen LogP contribution in [0.5, 0.6) is 5.75 Å². The minimum absolute atomic E-state index is 0.337. The van der Waals surface area contributed by atoms with Crippen molar-refractivity contribution >= 4 is 18.0 Å². The average molecular weight is 432 g/mol. The average Bonchev–Trinajstić information content (AvgIpc) is 3.10. The van der Waals surface area contributed by atoms with Crippen molar-refractivity contribution < 1.29 is 23.4 Å². The zero-order valence-corrected chi connectivity index (χ0v) is 17.7. The maximum absolute atomic E-state index is 13.3. The highest BCUT2D eigenvalue weighted by molar-refractivity contribution is 5.98. The number of ether oxygens (including phenoxy) is 1. The molecule has 1 heterocycles. The second-order valence-electron chi connectivity index (χ2n) is 7.60. The number of halogens is 1. The van der Waals surface area contributed by atoms with Crippen LogP contribution in [0, 0.1) is 12.7 Å². The summed E-state index contributed by atoms with van der Waals surface area (Å²) < 4.78 is 20.1. The van der Waals surface area contributed by atoms with E-state index in [9.17, 15) is 14.0 Å². The van der Waals surface area contributed by atoms with Gasteiger partial charge in [-0.25, -0.2) is 4.39 Å². The van der Waals surface area contributed by atoms with Crippen LogP contribution in [0.4, 0.5) is 4.39 Å². The van der Waals surface area contributed by atoms with E-state index in [4.69, 9.17) is 4.74 Å². The van der Waals surface area contributed by atoms with Crippen LogP contribution in [0.2, 0.25) is 0 Å². The molecule has 1 fully saturated rings. The summed E-state index contributed by atoms with van der Waals surface area (Å²) in [6, 6.07) is 19.1. The molecule has 32 heavy (non-hydrogen) atoms. The molecule has 0 saturated carbocycles. The third-order valence-corrected chi connectivity index (χ3v) is 5.35. The molecule has 2 atom stereocenters. The molecule has 1 saturated heterocycles. The number of nitrogens with one attached hydrogen (secondary N) is 2. The normalized spacial score (nSPS) is 19.0. The molecule has 3 aromatic carbocycles. The van der Waals surface area contributed by atoms with Crippen molar-refractivity contribution in [2.24, 2.45) is 0 Å². The van der Waals surface area contributed by atoms with Crippen LogP contribution >= 0.6 is 0 Å². The number of methoxy groups -OCH3 is 1. The topological polar surface area (TPSA) is 70.4 Å². The largest absolute Gasteiger partial charge is 0.497 e. The standard InChI is InChI=1S/C25H22FN3O3/c1-16-3-7-18(8-4-16)23-22(27-24(30)19-9-13-21(32-2)14-10-19)25(31)28-29(23)15-17-5-11-20(26)12-6-17/h3-15,22-23H,1-2H3,(H-,27,28,30,31)/p+1/b29-15-/t22-,23+/m1/s1. The van der Waals surface area contributed by atoms with Gasteiger partial charge in [0.05, 0.1) is 7.11 Å². The van der Waals surface area contributed by atoms with Gasteiger partial charge in [-0.05, 0) is 55.5 Å². The number of hydrogen-bond acceptors (Lipinski definition) is 3. The van der Waals surface area contributed by atoms with Crippen molar-refractivity contribution in [2.45, 2.75) is 19.0 Å². The molecule has 0 radical (unpaired) electrons. The number of hydrazine groups is 1. The first-order valence-electron chi connectivity index (χ1n) is 10.2. The Bertz CT molecular complexity index is 1160. The second kappa shape index (κ2) is 9.01. The quantitative estimate of drug-likeness (QED) is 0.609. The van der Waals surface area contributed by atoms with E-state index in [-0.39, 0.29) is 17.6 Å². The lowest BCUT2D eigenvalue weighted by Crippen LogP contribution is -2.42. The van der Waals surface area contributed by atoms with Crippen LogP contribution in [0.15, 0.2) is 72.8 Å². The van der Waals surface area contributed by atoms with Crippen molar-refractivity contribution in [1.29, 1.82) is 0 Å². The fourth-order valence-corrected chi connectivity index (χ4v) is 3.62. The lowest BCUT2D eigenvalue weighted by Gasteiger charge is -2.15. The molecular formula is C25H23FN3O3+. The number of carbonyl (C=O) groups excluding carboxylic acids is 2. The first-order valence-corrected chi connectivity index (χ1v) is 10.2. The second-order valence-corrected chi connectivity index (χ2v) is 7.60. The van der Waals surface area contributed by atoms with E-state index in [2.05, 4.69) is 10.7 Å². The van der Waals surface area contributed by atoms with Gasteiger partial charge in [-0.2, -0.15) is 0 Å². The number of rotatable bonds is 5. The number of amides is 2. The van der Waals surface area contributed by atoms with Crippen LogP contribution in [0.25, 0.3) is 0 Å². The molecule has 2 amide bonds. The molecule has 1 aliphatic heterocycles. The van der Waals surface area contributed by atoms with Crippen molar-refractivity contribution in [3.63, 3.8) is 0 Å². The van der Waals surface area contributed by atoms with Gasteiger partial charge < -0.3 is 10.1 Å². The number of hydrogen-bond donors (Lipinski definition) is 2. The summed E-state index contributed by atoms with van der Waals surface area (Å²) >= 11 is 0. The molecule has 4 rings (SSSR count). The fraction of sp³-hybridized carbons (Fsp3) is 0.160. The van der Waals surface area contributed by atoms with Gasteiger partial charge in [0.15, 0.2) is 6.04 Å². The van der Waals surface area contributed by atoms with Crippen molar-refractivity contribution in [3.8, 4) is 5.75 Å². The molecule has 0 bridgehead atoms. The number of aryl methyl sites for hydroxylation is 1. The smallest absolute Gasteiger partial charge is 0.304 e. The Kier molecular flexibility index (Phi) is 5.98. The van der Waals surface area contributed by atoms with E-state index in [1.54, 1.807) is 54.4 Å². The minimum atomic E-state index is -0.830. The van der Waals surface area contributed by atoms with E-state index in [0.717, 1.165) is 11.1 Å². The van der Waals surface area contributed by atoms with Gasteiger partial charge >= 0.3 is 5.91 Å². The highest BCUT2D eigenvalue weighted by Gasteiger charge is 2.47. The summed E-state index contributed by atoms with van der Waals surface area (Å²) in [5, 5.41) is 2.86. The summed E-state index contributed by atoms with van der Waals surface area (Å²) in [7, 11) is 1.55. The highest BCUT2D eigenvalue weighted by Crippen LogP contribution is 2.26. The van der Waals surface area contributed by atoms with E-state index < -0.39 is 12.1 Å². The minimum Gasteiger partial charge on any atom is -0.497 e. The van der Waals surface area contributed by atoms with Crippen molar-refractivity contribution in [1.82, 2.24) is 10.7 Å². The third kappa shape index (κ3) is 4.51. The molecule has 7 heteroatoms. The Morgan fingerprint density at radius 2 is 1.69 bits per heavy atom. The van der Waals surface area contributed by atoms with Crippen molar-refractivity contribution in [3.05, 3.63) is 101 Å². The lowest BCUT2D eigenvalue weighted by atomic mass is 9.98. The molecule has 0 spiro atoms. The Labute approximate surface area is 185 Å². The molecule has 1 aliphatic rings. The summed E-state index contributed by atoms with van der Waals surface area (Å²) in [6.07, 6.45) is 1.72. The molecule has 6 nitrogen and oxygen atoms in total. The molecule has 3 aromatic rings. The van der Waals surface area contributed by atoms with Crippen LogP contribution in [0.1, 0.15) is 33.1 Å². The molecule has 2 N–H and O–H groups in total. The van der Waals surface area contributed by atoms with Gasteiger partial charge in [0, 0.05) is 16.7 Å². The first kappa shape index (κ1) is 21.2. The van der Waals surface area contributed by atoms with E-state index in [0.29, 0.717) is 16.9 Å². The monoisotopic (exact) mass is 432 g/mol. The first-order chi connectivity index (χ1) is 15.4. The number of hydrazone groups is 1. The van der Waals surface area contributed by atoms with Crippen LogP contribution in [0.3, 0.4) is 0 Å². The van der Waals surface area contributed by atoms with Gasteiger partial charge in [0.1, 0.15) is 11.6 Å². The highest BCUT2D eigenvalue weighted by atomic mass is 19.1. The van der Waals surface area contributed by atoms with E-state index in [1.807, 2.05) is 31.2 Å². The maximum atomic E-state index is 13.3. The van der Waals surface area contributed by atoms with Gasteiger partial charge in [-0.1, -0.05) is 29.8 Å². The summed E-state index contributed by atoms with van der Waals surface area (Å²) in [5.41, 5.74) is 5.88. The van der Waals surface area contributed by atoms with Crippen LogP contribution in [-0.2, 0) is 4.79 Å². The van der Waals surface area contributed by atoms with E-state index in [1.165, 1.54) is 12.1 Å². The Morgan fingerprint density at radius 3 is 2.31 bits per heavy atom. The van der Waals surface area contributed by atoms with Gasteiger partial charge in [-0.3, -0.25) is 9.59 Å². The number of carbonyl (C=O) groups is 2. The molecule has 0 unspecified atom stereocenters. The Morgan fingerprint density at radius 1 is 1.03 bits per heavy atom. The predicted molar refractivity (Wildman–Crippen MR) is 118 cm³/mol.